The van der Waals surface area contributed by atoms with Crippen LogP contribution in [-0.4, -0.2) is 37.7 Å². The molecule has 1 aliphatic heterocycles. The van der Waals surface area contributed by atoms with Crippen molar-refractivity contribution < 1.29 is 27.2 Å². The molecule has 1 aromatic heterocycles. The van der Waals surface area contributed by atoms with Crippen molar-refractivity contribution in [1.82, 2.24) is 10.1 Å². The molecule has 1 aliphatic carbocycles. The smallest absolute Gasteiger partial charge is 0.265 e. The SMILES string of the molecule is CCOc1ccccc1NS(=O)(=O)c1ccc2c(c1)N(Cc1noc(C3CCC3)n1)C(=O)CO2. The summed E-state index contributed by atoms with van der Waals surface area (Å²) in [4.78, 5) is 18.5. The van der Waals surface area contributed by atoms with E-state index in [0.29, 0.717) is 41.2 Å². The number of aromatic nitrogens is 2. The highest BCUT2D eigenvalue weighted by Gasteiger charge is 2.31. The predicted molar refractivity (Wildman–Crippen MR) is 122 cm³/mol. The number of hydrogen-bond donors (Lipinski definition) is 1. The lowest BCUT2D eigenvalue weighted by atomic mass is 9.85. The number of benzene rings is 2. The Balaban J connectivity index is 1.42. The average molecular weight is 485 g/mol. The molecule has 10 nitrogen and oxygen atoms in total. The molecule has 1 fully saturated rings. The lowest BCUT2D eigenvalue weighted by molar-refractivity contribution is -0.121. The Morgan fingerprint density at radius 1 is 1.21 bits per heavy atom. The number of carbonyl (C=O) groups excluding carboxylic acids is 1. The van der Waals surface area contributed by atoms with Gasteiger partial charge in [0.25, 0.3) is 15.9 Å². The maximum atomic E-state index is 13.2. The van der Waals surface area contributed by atoms with Crippen LogP contribution in [0.25, 0.3) is 0 Å². The fraction of sp³-hybridized carbons (Fsp3) is 0.348. The van der Waals surface area contributed by atoms with E-state index in [1.165, 1.54) is 23.1 Å². The van der Waals surface area contributed by atoms with Crippen molar-refractivity contribution in [2.45, 2.75) is 43.5 Å². The van der Waals surface area contributed by atoms with E-state index in [-0.39, 0.29) is 29.9 Å². The van der Waals surface area contributed by atoms with Gasteiger partial charge in [-0.05, 0) is 50.1 Å². The maximum Gasteiger partial charge on any atom is 0.265 e. The molecule has 34 heavy (non-hydrogen) atoms. The van der Waals surface area contributed by atoms with Crippen LogP contribution in [0.4, 0.5) is 11.4 Å². The Kier molecular flexibility index (Phi) is 5.86. The molecule has 0 unspecified atom stereocenters. The van der Waals surface area contributed by atoms with E-state index >= 15 is 0 Å². The van der Waals surface area contributed by atoms with Crippen LogP contribution in [-0.2, 0) is 21.4 Å². The number of ether oxygens (including phenoxy) is 2. The van der Waals surface area contributed by atoms with Crippen molar-refractivity contribution in [3.63, 3.8) is 0 Å². The summed E-state index contributed by atoms with van der Waals surface area (Å²) in [5.41, 5.74) is 0.647. The van der Waals surface area contributed by atoms with Gasteiger partial charge in [-0.2, -0.15) is 4.98 Å². The molecule has 2 aromatic carbocycles. The summed E-state index contributed by atoms with van der Waals surface area (Å²) in [6, 6.07) is 11.2. The van der Waals surface area contributed by atoms with Crippen LogP contribution >= 0.6 is 0 Å². The summed E-state index contributed by atoms with van der Waals surface area (Å²) in [5, 5.41) is 4.01. The van der Waals surface area contributed by atoms with Gasteiger partial charge < -0.3 is 14.0 Å². The molecule has 1 amide bonds. The number of hydrogen-bond acceptors (Lipinski definition) is 8. The van der Waals surface area contributed by atoms with Gasteiger partial charge in [-0.3, -0.25) is 14.4 Å². The number of fused-ring (bicyclic) bond motifs is 1. The topological polar surface area (TPSA) is 124 Å². The molecule has 5 rings (SSSR count). The van der Waals surface area contributed by atoms with E-state index in [0.717, 1.165) is 19.3 Å². The van der Waals surface area contributed by atoms with E-state index < -0.39 is 10.0 Å². The van der Waals surface area contributed by atoms with Crippen molar-refractivity contribution in [3.8, 4) is 11.5 Å². The van der Waals surface area contributed by atoms with Crippen LogP contribution < -0.4 is 19.1 Å². The van der Waals surface area contributed by atoms with E-state index in [4.69, 9.17) is 14.0 Å². The monoisotopic (exact) mass is 484 g/mol. The van der Waals surface area contributed by atoms with Crippen LogP contribution in [0.5, 0.6) is 11.5 Å². The summed E-state index contributed by atoms with van der Waals surface area (Å²) in [6.07, 6.45) is 3.17. The lowest BCUT2D eigenvalue weighted by Crippen LogP contribution is -2.38. The van der Waals surface area contributed by atoms with E-state index in [9.17, 15) is 13.2 Å². The number of para-hydroxylation sites is 2. The quantitative estimate of drug-likeness (QED) is 0.516. The first-order chi connectivity index (χ1) is 16.4. The number of nitrogens with one attached hydrogen (secondary N) is 1. The third kappa shape index (κ3) is 4.30. The molecule has 0 atom stereocenters. The number of nitrogens with zero attached hydrogens (tertiary/aromatic N) is 3. The van der Waals surface area contributed by atoms with Crippen molar-refractivity contribution in [1.29, 1.82) is 0 Å². The van der Waals surface area contributed by atoms with Crippen molar-refractivity contribution >= 4 is 27.3 Å². The second-order valence-electron chi connectivity index (χ2n) is 8.11. The third-order valence-electron chi connectivity index (χ3n) is 5.85. The van der Waals surface area contributed by atoms with Crippen LogP contribution in [0, 0.1) is 0 Å². The molecule has 3 aromatic rings. The van der Waals surface area contributed by atoms with Gasteiger partial charge in [0.1, 0.15) is 11.5 Å². The molecule has 0 spiro atoms. The van der Waals surface area contributed by atoms with Gasteiger partial charge in [-0.15, -0.1) is 0 Å². The van der Waals surface area contributed by atoms with Crippen LogP contribution in [0.1, 0.15) is 43.8 Å². The zero-order chi connectivity index (χ0) is 23.7. The Bertz CT molecular complexity index is 1320. The molecule has 11 heteroatoms. The molecular weight excluding hydrogens is 460 g/mol. The van der Waals surface area contributed by atoms with E-state index in [1.54, 1.807) is 24.3 Å². The zero-order valence-electron chi connectivity index (χ0n) is 18.6. The van der Waals surface area contributed by atoms with Gasteiger partial charge in [0.2, 0.25) is 5.89 Å². The van der Waals surface area contributed by atoms with Crippen molar-refractivity contribution in [3.05, 3.63) is 54.2 Å². The number of sulfonamides is 1. The molecule has 1 saturated carbocycles. The van der Waals surface area contributed by atoms with Crippen molar-refractivity contribution in [2.24, 2.45) is 0 Å². The van der Waals surface area contributed by atoms with E-state index in [1.807, 2.05) is 6.92 Å². The summed E-state index contributed by atoms with van der Waals surface area (Å²) >= 11 is 0. The van der Waals surface area contributed by atoms with Gasteiger partial charge in [0.05, 0.1) is 29.4 Å². The molecule has 0 bridgehead atoms. The molecule has 0 radical (unpaired) electrons. The number of amides is 1. The van der Waals surface area contributed by atoms with Crippen LogP contribution in [0.3, 0.4) is 0 Å². The second-order valence-corrected chi connectivity index (χ2v) is 9.79. The third-order valence-corrected chi connectivity index (χ3v) is 7.22. The summed E-state index contributed by atoms with van der Waals surface area (Å²) in [5.74, 6) is 1.71. The first-order valence-corrected chi connectivity index (χ1v) is 12.6. The average Bonchev–Trinajstić information content (AvgIpc) is 3.23. The summed E-state index contributed by atoms with van der Waals surface area (Å²) in [6.45, 7) is 2.10. The largest absolute Gasteiger partial charge is 0.492 e. The first kappa shape index (κ1) is 22.2. The second kappa shape index (κ2) is 8.98. The molecule has 178 valence electrons. The summed E-state index contributed by atoms with van der Waals surface area (Å²) in [7, 11) is -3.98. The summed E-state index contributed by atoms with van der Waals surface area (Å²) < 4.78 is 45.3. The number of carbonyl (C=O) groups is 1. The molecule has 0 saturated heterocycles. The van der Waals surface area contributed by atoms with Gasteiger partial charge in [0, 0.05) is 5.92 Å². The Labute approximate surface area is 196 Å². The zero-order valence-corrected chi connectivity index (χ0v) is 19.4. The molecule has 2 aliphatic rings. The fourth-order valence-corrected chi connectivity index (χ4v) is 4.94. The molecule has 2 heterocycles. The maximum absolute atomic E-state index is 13.2. The molecular formula is C23H24N4O6S. The minimum atomic E-state index is -3.98. The Morgan fingerprint density at radius 2 is 2.03 bits per heavy atom. The normalized spacial score (nSPS) is 15.9. The standard InChI is InChI=1S/C23H24N4O6S/c1-2-31-19-9-4-3-8-17(19)26-34(29,30)16-10-11-20-18(12-16)27(22(28)14-32-20)13-21-24-23(33-25-21)15-6-5-7-15/h3-4,8-12,15,26H,2,5-7,13-14H2,1H3. The Hall–Kier alpha value is -3.60. The van der Waals surface area contributed by atoms with Gasteiger partial charge in [-0.1, -0.05) is 23.7 Å². The minimum Gasteiger partial charge on any atom is -0.492 e. The van der Waals surface area contributed by atoms with Crippen LogP contribution in [0.2, 0.25) is 0 Å². The highest BCUT2D eigenvalue weighted by molar-refractivity contribution is 7.92. The van der Waals surface area contributed by atoms with Gasteiger partial charge in [0.15, 0.2) is 12.4 Å². The van der Waals surface area contributed by atoms with Crippen molar-refractivity contribution in [2.75, 3.05) is 22.8 Å². The van der Waals surface area contributed by atoms with Crippen LogP contribution in [0.15, 0.2) is 51.9 Å². The fourth-order valence-electron chi connectivity index (χ4n) is 3.85. The predicted octanol–water partition coefficient (Wildman–Crippen LogP) is 3.46. The van der Waals surface area contributed by atoms with Gasteiger partial charge in [-0.25, -0.2) is 8.42 Å². The number of anilines is 2. The highest BCUT2D eigenvalue weighted by atomic mass is 32.2. The lowest BCUT2D eigenvalue weighted by Gasteiger charge is -2.28. The highest BCUT2D eigenvalue weighted by Crippen LogP contribution is 2.37. The number of rotatable bonds is 8. The minimum absolute atomic E-state index is 0.0240. The van der Waals surface area contributed by atoms with Gasteiger partial charge >= 0.3 is 0 Å². The Morgan fingerprint density at radius 3 is 2.79 bits per heavy atom. The van der Waals surface area contributed by atoms with E-state index in [2.05, 4.69) is 14.9 Å². The first-order valence-electron chi connectivity index (χ1n) is 11.1. The molecule has 1 N–H and O–H groups in total.